The molecule has 41 heavy (non-hydrogen) atoms. The number of Topliss-reactive ketones (excluding diaryl/α,β-unsaturated/α-hetero) is 2. The van der Waals surface area contributed by atoms with Gasteiger partial charge in [-0.3, -0.25) is 14.4 Å². The third kappa shape index (κ3) is 6.41. The van der Waals surface area contributed by atoms with E-state index in [0.29, 0.717) is 18.2 Å². The van der Waals surface area contributed by atoms with Crippen LogP contribution in [0.1, 0.15) is 45.5 Å². The zero-order valence-electron chi connectivity index (χ0n) is 20.8. The van der Waals surface area contributed by atoms with Crippen molar-refractivity contribution in [3.8, 4) is 0 Å². The normalized spacial score (nSPS) is 17.7. The third-order valence-corrected chi connectivity index (χ3v) is 7.47. The summed E-state index contributed by atoms with van der Waals surface area (Å²) in [5.74, 6) is -9.22. The molecule has 0 aromatic heterocycles. The Kier molecular flexibility index (Phi) is 8.26. The molecule has 0 radical (unpaired) electrons. The molecule has 1 aliphatic rings. The topological polar surface area (TPSA) is 63.2 Å². The van der Waals surface area contributed by atoms with E-state index in [-0.39, 0.29) is 28.8 Å². The van der Waals surface area contributed by atoms with Crippen molar-refractivity contribution in [2.24, 2.45) is 5.92 Å². The summed E-state index contributed by atoms with van der Waals surface area (Å²) in [4.78, 5) is 37.1. The van der Waals surface area contributed by atoms with Gasteiger partial charge >= 0.3 is 6.18 Å². The average molecular weight is 620 g/mol. The third-order valence-electron chi connectivity index (χ3n) is 6.53. The Hall–Kier alpha value is -3.44. The van der Waals surface area contributed by atoms with Crippen LogP contribution < -0.4 is 5.32 Å². The van der Waals surface area contributed by atoms with Gasteiger partial charge in [0.2, 0.25) is 5.91 Å². The van der Waals surface area contributed by atoms with Crippen LogP contribution in [-0.4, -0.2) is 21.8 Å². The van der Waals surface area contributed by atoms with Crippen LogP contribution in [0.5, 0.6) is 0 Å². The molecule has 0 saturated heterocycles. The van der Waals surface area contributed by atoms with Gasteiger partial charge in [-0.2, -0.15) is 13.2 Å². The van der Waals surface area contributed by atoms with E-state index in [4.69, 9.17) is 23.2 Å². The summed E-state index contributed by atoms with van der Waals surface area (Å²) in [6.07, 6.45) is -6.05. The number of halogens is 9. The minimum absolute atomic E-state index is 0.110. The Morgan fingerprint density at radius 1 is 0.829 bits per heavy atom. The molecular weight excluding hydrogens is 602 g/mol. The second-order valence-corrected chi connectivity index (χ2v) is 11.0. The molecule has 3 aromatic rings. The summed E-state index contributed by atoms with van der Waals surface area (Å²) in [6, 6.07) is 6.53. The van der Waals surface area contributed by atoms with E-state index in [1.54, 1.807) is 0 Å². The molecule has 4 nitrogen and oxygen atoms in total. The molecule has 13 heteroatoms. The molecule has 1 aliphatic carbocycles. The van der Waals surface area contributed by atoms with Crippen molar-refractivity contribution >= 4 is 46.4 Å². The maximum atomic E-state index is 14.5. The van der Waals surface area contributed by atoms with Gasteiger partial charge in [-0.15, -0.1) is 23.2 Å². The van der Waals surface area contributed by atoms with Crippen molar-refractivity contribution in [2.75, 3.05) is 5.32 Å². The van der Waals surface area contributed by atoms with E-state index >= 15 is 0 Å². The molecule has 216 valence electrons. The first kappa shape index (κ1) is 30.5. The van der Waals surface area contributed by atoms with Crippen molar-refractivity contribution in [1.29, 1.82) is 0 Å². The van der Waals surface area contributed by atoms with E-state index in [0.717, 1.165) is 30.3 Å². The van der Waals surface area contributed by atoms with E-state index < -0.39 is 80.6 Å². The van der Waals surface area contributed by atoms with Crippen molar-refractivity contribution in [3.05, 3.63) is 99.6 Å². The lowest BCUT2D eigenvalue weighted by atomic mass is 9.98. The fraction of sp³-hybridized carbons (Fsp3) is 0.250. The fourth-order valence-electron chi connectivity index (χ4n) is 4.51. The molecule has 0 heterocycles. The minimum atomic E-state index is -5.00. The van der Waals surface area contributed by atoms with Gasteiger partial charge < -0.3 is 5.32 Å². The lowest BCUT2D eigenvalue weighted by molar-refractivity contribution is -0.140. The number of carbonyl (C=O) groups excluding carboxylic acids is 3. The summed E-state index contributed by atoms with van der Waals surface area (Å²) in [5, 5.41) is 2.37. The van der Waals surface area contributed by atoms with Gasteiger partial charge in [0.25, 0.3) is 0 Å². The van der Waals surface area contributed by atoms with Crippen LogP contribution >= 0.6 is 23.2 Å². The molecule has 0 spiro atoms. The standard InChI is InChI=1S/C28H18Cl2F7NO3/c1-12(39)6-14-7-15(22(34)11-21(14)33)9-23(40)17-10-16(3-5-19(17)31)38-26(41)25-24(27(25,29)30)13-2-4-20(32)18(8-13)28(35,36)37/h2-5,7-8,10-11,24-25H,6,9H2,1H3,(H,38,41)/t24-,25+/m0/s1. The highest BCUT2D eigenvalue weighted by molar-refractivity contribution is 6.53. The van der Waals surface area contributed by atoms with Gasteiger partial charge in [-0.05, 0) is 60.0 Å². The summed E-state index contributed by atoms with van der Waals surface area (Å²) in [6.45, 7) is 1.20. The van der Waals surface area contributed by atoms with Crippen molar-refractivity contribution < 1.29 is 45.1 Å². The van der Waals surface area contributed by atoms with Gasteiger partial charge in [0.1, 0.15) is 33.4 Å². The number of hydrogen-bond donors (Lipinski definition) is 1. The monoisotopic (exact) mass is 619 g/mol. The lowest BCUT2D eigenvalue weighted by Gasteiger charge is -2.11. The first-order valence-electron chi connectivity index (χ1n) is 11.8. The first-order valence-corrected chi connectivity index (χ1v) is 12.6. The second kappa shape index (κ2) is 11.1. The van der Waals surface area contributed by atoms with E-state index in [9.17, 15) is 45.1 Å². The zero-order valence-corrected chi connectivity index (χ0v) is 22.3. The van der Waals surface area contributed by atoms with E-state index in [1.807, 2.05) is 0 Å². The van der Waals surface area contributed by atoms with Gasteiger partial charge in [-0.25, -0.2) is 17.6 Å². The number of alkyl halides is 5. The molecule has 0 aliphatic heterocycles. The molecule has 3 aromatic carbocycles. The molecular formula is C28H18Cl2F7NO3. The summed E-state index contributed by atoms with van der Waals surface area (Å²) in [5.41, 5.74) is -2.78. The van der Waals surface area contributed by atoms with Crippen LogP contribution in [0.25, 0.3) is 0 Å². The van der Waals surface area contributed by atoms with Crippen LogP contribution in [0.2, 0.25) is 0 Å². The summed E-state index contributed by atoms with van der Waals surface area (Å²) >= 11 is 12.3. The van der Waals surface area contributed by atoms with Crippen LogP contribution in [0.3, 0.4) is 0 Å². The Morgan fingerprint density at radius 3 is 2.05 bits per heavy atom. The van der Waals surface area contributed by atoms with Gasteiger partial charge in [0, 0.05) is 30.5 Å². The first-order chi connectivity index (χ1) is 19.0. The Balaban J connectivity index is 1.53. The SMILES string of the molecule is CC(=O)Cc1cc(CC(=O)c2cc(NC(=O)[C@H]3[C@H](c4ccc(F)c(C(F)(F)F)c4)C3(Cl)Cl)ccc2F)c(F)cc1F. The Labute approximate surface area is 238 Å². The fourth-order valence-corrected chi connectivity index (χ4v) is 5.34. The van der Waals surface area contributed by atoms with Crippen LogP contribution in [-0.2, 0) is 28.6 Å². The predicted octanol–water partition coefficient (Wildman–Crippen LogP) is 7.34. The molecule has 1 N–H and O–H groups in total. The highest BCUT2D eigenvalue weighted by atomic mass is 35.5. The number of hydrogen-bond acceptors (Lipinski definition) is 3. The highest BCUT2D eigenvalue weighted by Gasteiger charge is 2.67. The maximum absolute atomic E-state index is 14.5. The quantitative estimate of drug-likeness (QED) is 0.163. The molecule has 2 atom stereocenters. The number of amides is 1. The minimum Gasteiger partial charge on any atom is -0.326 e. The van der Waals surface area contributed by atoms with E-state index in [1.165, 1.54) is 6.92 Å². The van der Waals surface area contributed by atoms with Crippen molar-refractivity contribution in [2.45, 2.75) is 36.2 Å². The molecule has 0 unspecified atom stereocenters. The summed E-state index contributed by atoms with van der Waals surface area (Å²) in [7, 11) is 0. The molecule has 4 rings (SSSR count). The van der Waals surface area contributed by atoms with Gasteiger partial charge in [0.05, 0.1) is 17.0 Å². The van der Waals surface area contributed by atoms with Gasteiger partial charge in [-0.1, -0.05) is 6.07 Å². The lowest BCUT2D eigenvalue weighted by Crippen LogP contribution is -2.18. The number of carbonyl (C=O) groups is 3. The van der Waals surface area contributed by atoms with E-state index in [2.05, 4.69) is 5.32 Å². The molecule has 1 amide bonds. The molecule has 0 bridgehead atoms. The number of anilines is 1. The van der Waals surface area contributed by atoms with Crippen LogP contribution in [0, 0.1) is 29.2 Å². The number of ketones is 2. The van der Waals surface area contributed by atoms with Crippen LogP contribution in [0.4, 0.5) is 36.4 Å². The number of nitrogens with one attached hydrogen (secondary N) is 1. The van der Waals surface area contributed by atoms with Crippen LogP contribution in [0.15, 0.2) is 48.5 Å². The van der Waals surface area contributed by atoms with Crippen molar-refractivity contribution in [3.63, 3.8) is 0 Å². The van der Waals surface area contributed by atoms with Crippen molar-refractivity contribution in [1.82, 2.24) is 0 Å². The smallest absolute Gasteiger partial charge is 0.326 e. The second-order valence-electron chi connectivity index (χ2n) is 9.56. The van der Waals surface area contributed by atoms with Gasteiger partial charge in [0.15, 0.2) is 5.78 Å². The highest BCUT2D eigenvalue weighted by Crippen LogP contribution is 2.65. The molecule has 1 saturated carbocycles. The largest absolute Gasteiger partial charge is 0.419 e. The Morgan fingerprint density at radius 2 is 1.44 bits per heavy atom. The molecule has 1 fully saturated rings. The maximum Gasteiger partial charge on any atom is 0.419 e. The Bertz CT molecular complexity index is 1570. The average Bonchev–Trinajstić information content (AvgIpc) is 3.44. The zero-order chi connectivity index (χ0) is 30.4. The number of benzene rings is 3. The predicted molar refractivity (Wildman–Crippen MR) is 136 cm³/mol. The summed E-state index contributed by atoms with van der Waals surface area (Å²) < 4.78 is 94.1. The number of rotatable bonds is 8.